The van der Waals surface area contributed by atoms with Gasteiger partial charge in [0.05, 0.1) is 35.7 Å². The number of nitrogens with one attached hydrogen (secondary N) is 1. The molecule has 1 unspecified atom stereocenters. The Balaban J connectivity index is 1.09. The standard InChI is InChI=1S/C34H41FN6O4S/c1-39-20-30(19-38-39)46(44,45)29-12-10-28(11-13-29)41-23-33(35,24-41)22-40-16-14-27(15-17-40)34(21-36,26-7-3-2-4-8-26)31-9-5-6-25(31)18-37-32(42)43/h2-4,7-8,10-13,19-20,25,27,31,37H,5-6,9,14-18,22-24H2,1H3,(H,42,43)/t25-,31-,34?/m0/s1. The summed E-state index contributed by atoms with van der Waals surface area (Å²) in [6.07, 6.45) is 6.03. The monoisotopic (exact) mass is 648 g/mol. The molecule has 2 aliphatic heterocycles. The fraction of sp³-hybridized carbons (Fsp3) is 0.500. The van der Waals surface area contributed by atoms with Crippen LogP contribution in [0.5, 0.6) is 0 Å². The van der Waals surface area contributed by atoms with Crippen molar-refractivity contribution < 1.29 is 22.7 Å². The summed E-state index contributed by atoms with van der Waals surface area (Å²) in [5.41, 5.74) is -0.328. The van der Waals surface area contributed by atoms with Crippen molar-refractivity contribution in [2.24, 2.45) is 24.8 Å². The van der Waals surface area contributed by atoms with E-state index in [9.17, 15) is 23.6 Å². The van der Waals surface area contributed by atoms with E-state index in [1.807, 2.05) is 35.2 Å². The van der Waals surface area contributed by atoms with E-state index in [1.165, 1.54) is 17.1 Å². The summed E-state index contributed by atoms with van der Waals surface area (Å²) in [5.74, 6) is 0.219. The number of nitriles is 1. The molecule has 2 N–H and O–H groups in total. The summed E-state index contributed by atoms with van der Waals surface area (Å²) in [6.45, 7) is 2.50. The van der Waals surface area contributed by atoms with E-state index in [2.05, 4.69) is 21.4 Å². The minimum absolute atomic E-state index is 0.0433. The SMILES string of the molecule is Cn1cc(S(=O)(=O)c2ccc(N3CC(F)(CN4CCC(C(C#N)(c5ccccc5)[C@H]5CCC[C@H]5CNC(=O)O)CC4)C3)cc2)cn1. The number of sulfone groups is 1. The number of hydrogen-bond donors (Lipinski definition) is 2. The predicted molar refractivity (Wildman–Crippen MR) is 171 cm³/mol. The number of carboxylic acid groups (broad SMARTS) is 1. The molecule has 1 aromatic heterocycles. The highest BCUT2D eigenvalue weighted by molar-refractivity contribution is 7.91. The third-order valence-electron chi connectivity index (χ3n) is 10.4. The highest BCUT2D eigenvalue weighted by Gasteiger charge is 2.53. The molecular formula is C34H41FN6O4S. The van der Waals surface area contributed by atoms with E-state index < -0.39 is 27.0 Å². The zero-order valence-corrected chi connectivity index (χ0v) is 26.9. The Hall–Kier alpha value is -3.95. The van der Waals surface area contributed by atoms with Gasteiger partial charge < -0.3 is 15.3 Å². The van der Waals surface area contributed by atoms with Crippen molar-refractivity contribution in [1.29, 1.82) is 5.26 Å². The van der Waals surface area contributed by atoms with Crippen molar-refractivity contribution in [3.63, 3.8) is 0 Å². The first kappa shape index (κ1) is 32.0. The first-order chi connectivity index (χ1) is 22.0. The summed E-state index contributed by atoms with van der Waals surface area (Å²) in [5, 5.41) is 26.7. The highest BCUT2D eigenvalue weighted by Crippen LogP contribution is 2.52. The number of aryl methyl sites for hydroxylation is 1. The summed E-state index contributed by atoms with van der Waals surface area (Å²) in [7, 11) is -2.01. The third kappa shape index (κ3) is 6.10. The molecule has 1 saturated carbocycles. The molecule has 3 aromatic rings. The third-order valence-corrected chi connectivity index (χ3v) is 12.1. The molecule has 3 heterocycles. The summed E-state index contributed by atoms with van der Waals surface area (Å²) < 4.78 is 43.2. The van der Waals surface area contributed by atoms with E-state index in [1.54, 1.807) is 31.3 Å². The summed E-state index contributed by atoms with van der Waals surface area (Å²) >= 11 is 0. The molecule has 0 radical (unpaired) electrons. The minimum Gasteiger partial charge on any atom is -0.465 e. The molecule has 12 heteroatoms. The first-order valence-electron chi connectivity index (χ1n) is 16.0. The molecule has 0 bridgehead atoms. The maximum absolute atomic E-state index is 15.9. The van der Waals surface area contributed by atoms with Crippen molar-refractivity contribution in [3.8, 4) is 6.07 Å². The number of benzene rings is 2. The molecule has 46 heavy (non-hydrogen) atoms. The maximum atomic E-state index is 15.9. The average Bonchev–Trinajstić information content (AvgIpc) is 3.71. The number of carbonyl (C=O) groups is 1. The van der Waals surface area contributed by atoms with Gasteiger partial charge in [0.2, 0.25) is 9.84 Å². The number of anilines is 1. The number of aromatic nitrogens is 2. The van der Waals surface area contributed by atoms with Crippen molar-refractivity contribution in [2.45, 2.75) is 53.0 Å². The number of alkyl halides is 1. The number of amides is 1. The second-order valence-electron chi connectivity index (χ2n) is 13.2. The number of hydrogen-bond acceptors (Lipinski definition) is 7. The topological polar surface area (TPSA) is 132 Å². The van der Waals surface area contributed by atoms with Crippen LogP contribution in [-0.2, 0) is 22.3 Å². The lowest BCUT2D eigenvalue weighted by molar-refractivity contribution is 0.0340. The summed E-state index contributed by atoms with van der Waals surface area (Å²) in [6, 6.07) is 19.3. The van der Waals surface area contributed by atoms with E-state index in [0.29, 0.717) is 26.2 Å². The molecule has 10 nitrogen and oxygen atoms in total. The Kier molecular flexibility index (Phi) is 8.83. The number of nitrogens with zero attached hydrogens (tertiary/aromatic N) is 5. The van der Waals surface area contributed by atoms with Gasteiger partial charge in [0.15, 0.2) is 5.67 Å². The predicted octanol–water partition coefficient (Wildman–Crippen LogP) is 4.64. The summed E-state index contributed by atoms with van der Waals surface area (Å²) in [4.78, 5) is 15.7. The maximum Gasteiger partial charge on any atom is 0.404 e. The second-order valence-corrected chi connectivity index (χ2v) is 15.2. The van der Waals surface area contributed by atoms with Crippen molar-refractivity contribution >= 4 is 21.6 Å². The van der Waals surface area contributed by atoms with Gasteiger partial charge in [-0.3, -0.25) is 9.58 Å². The van der Waals surface area contributed by atoms with E-state index in [4.69, 9.17) is 0 Å². The van der Waals surface area contributed by atoms with Gasteiger partial charge in [0.25, 0.3) is 0 Å². The van der Waals surface area contributed by atoms with Gasteiger partial charge >= 0.3 is 6.09 Å². The Labute approximate surface area is 269 Å². The lowest BCUT2D eigenvalue weighted by Crippen LogP contribution is -2.64. The Morgan fingerprint density at radius 2 is 1.78 bits per heavy atom. The molecule has 6 rings (SSSR count). The quantitative estimate of drug-likeness (QED) is 0.325. The van der Waals surface area contributed by atoms with Crippen LogP contribution in [0.3, 0.4) is 0 Å². The van der Waals surface area contributed by atoms with Crippen molar-refractivity contribution in [3.05, 3.63) is 72.6 Å². The molecule has 2 aromatic carbocycles. The van der Waals surface area contributed by atoms with Gasteiger partial charge in [0.1, 0.15) is 4.90 Å². The molecule has 3 atom stereocenters. The minimum atomic E-state index is -3.67. The molecule has 1 aliphatic carbocycles. The Morgan fingerprint density at radius 1 is 1.09 bits per heavy atom. The fourth-order valence-electron chi connectivity index (χ4n) is 8.18. The smallest absolute Gasteiger partial charge is 0.404 e. The van der Waals surface area contributed by atoms with E-state index >= 15 is 4.39 Å². The van der Waals surface area contributed by atoms with Crippen LogP contribution in [0.25, 0.3) is 0 Å². The van der Waals surface area contributed by atoms with Gasteiger partial charge in [-0.2, -0.15) is 10.4 Å². The average molecular weight is 649 g/mol. The van der Waals surface area contributed by atoms with Crippen LogP contribution in [0.4, 0.5) is 14.9 Å². The normalized spacial score (nSPS) is 23.3. The van der Waals surface area contributed by atoms with Crippen molar-refractivity contribution in [1.82, 2.24) is 20.0 Å². The van der Waals surface area contributed by atoms with Crippen LogP contribution >= 0.6 is 0 Å². The van der Waals surface area contributed by atoms with Crippen LogP contribution in [0, 0.1) is 29.1 Å². The Morgan fingerprint density at radius 3 is 2.39 bits per heavy atom. The van der Waals surface area contributed by atoms with Crippen LogP contribution < -0.4 is 10.2 Å². The molecule has 244 valence electrons. The largest absolute Gasteiger partial charge is 0.465 e. The molecule has 1 amide bonds. The van der Waals surface area contributed by atoms with Crippen LogP contribution in [0.1, 0.15) is 37.7 Å². The molecule has 0 spiro atoms. The van der Waals surface area contributed by atoms with Gasteiger partial charge in [0, 0.05) is 32.0 Å². The number of piperidine rings is 1. The van der Waals surface area contributed by atoms with Crippen LogP contribution in [0.15, 0.2) is 76.8 Å². The zero-order valence-electron chi connectivity index (χ0n) is 26.1. The van der Waals surface area contributed by atoms with Gasteiger partial charge in [-0.05, 0) is 86.4 Å². The number of halogens is 1. The van der Waals surface area contributed by atoms with Gasteiger partial charge in [-0.15, -0.1) is 0 Å². The fourth-order valence-corrected chi connectivity index (χ4v) is 9.43. The van der Waals surface area contributed by atoms with E-state index in [-0.39, 0.29) is 40.6 Å². The zero-order chi connectivity index (χ0) is 32.5. The van der Waals surface area contributed by atoms with Gasteiger partial charge in [-0.1, -0.05) is 36.8 Å². The van der Waals surface area contributed by atoms with Gasteiger partial charge in [-0.25, -0.2) is 17.6 Å². The molecule has 3 fully saturated rings. The molecule has 3 aliphatic rings. The molecular weight excluding hydrogens is 607 g/mol. The lowest BCUT2D eigenvalue weighted by atomic mass is 9.58. The van der Waals surface area contributed by atoms with Crippen LogP contribution in [0.2, 0.25) is 0 Å². The Bertz CT molecular complexity index is 1680. The van der Waals surface area contributed by atoms with E-state index in [0.717, 1.165) is 43.4 Å². The van der Waals surface area contributed by atoms with Crippen LogP contribution in [-0.4, -0.2) is 79.2 Å². The van der Waals surface area contributed by atoms with Crippen molar-refractivity contribution in [2.75, 3.05) is 44.2 Å². The molecule has 2 saturated heterocycles. The lowest BCUT2D eigenvalue weighted by Gasteiger charge is -2.50. The second kappa shape index (κ2) is 12.7. The highest BCUT2D eigenvalue weighted by atomic mass is 32.2. The number of rotatable bonds is 10. The first-order valence-corrected chi connectivity index (χ1v) is 17.5. The number of likely N-dealkylation sites (tertiary alicyclic amines) is 1.